The number of carbonyl (C=O) groups excluding carboxylic acids is 2. The molecule has 0 atom stereocenters. The minimum Gasteiger partial charge on any atom is -0.342 e. The molecule has 4 aliphatic carbocycles. The van der Waals surface area contributed by atoms with Crippen LogP contribution >= 0.6 is 0 Å². The van der Waals surface area contributed by atoms with Gasteiger partial charge in [-0.3, -0.25) is 14.6 Å². The SMILES string of the molecule is CC(C)n1cnc2cc(-c3ccc4c(c3)N(C3CC(N5CCCCC5)C3)C(=O)C43CCN(C(=O)C45CC(F)(C4)C5)CC3)nc(Nc3ccncc3F)c21. The van der Waals surface area contributed by atoms with Crippen LogP contribution < -0.4 is 10.2 Å². The van der Waals surface area contributed by atoms with Crippen molar-refractivity contribution < 1.29 is 18.4 Å². The summed E-state index contributed by atoms with van der Waals surface area (Å²) in [5, 5.41) is 3.22. The number of amides is 2. The molecule has 7 aliphatic rings. The maximum Gasteiger partial charge on any atom is 0.238 e. The van der Waals surface area contributed by atoms with Gasteiger partial charge in [-0.05, 0) is 108 Å². The van der Waals surface area contributed by atoms with Gasteiger partial charge in [0, 0.05) is 48.7 Å². The summed E-state index contributed by atoms with van der Waals surface area (Å²) in [5.74, 6) is 0.223. The van der Waals surface area contributed by atoms with Gasteiger partial charge in [0.2, 0.25) is 11.8 Å². The second-order valence-corrected chi connectivity index (χ2v) is 17.1. The van der Waals surface area contributed by atoms with Crippen LogP contribution in [0.15, 0.2) is 49.1 Å². The number of likely N-dealkylation sites (tertiary alicyclic amines) is 2. The van der Waals surface area contributed by atoms with Crippen molar-refractivity contribution in [2.45, 2.75) is 107 Å². The third-order valence-corrected chi connectivity index (χ3v) is 13.5. The number of alkyl halides is 1. The lowest BCUT2D eigenvalue weighted by atomic mass is 9.42. The highest BCUT2D eigenvalue weighted by Crippen LogP contribution is 2.70. The van der Waals surface area contributed by atoms with Crippen LogP contribution in [-0.2, 0) is 15.0 Å². The molecule has 0 radical (unpaired) electrons. The van der Waals surface area contributed by atoms with E-state index < -0.39 is 22.3 Å². The first-order chi connectivity index (χ1) is 25.6. The van der Waals surface area contributed by atoms with Gasteiger partial charge in [-0.15, -0.1) is 0 Å². The largest absolute Gasteiger partial charge is 0.342 e. The number of aromatic nitrogens is 4. The first-order valence-corrected chi connectivity index (χ1v) is 19.5. The lowest BCUT2D eigenvalue weighted by molar-refractivity contribution is -0.222. The Hall–Kier alpha value is -4.45. The Morgan fingerprint density at radius 1 is 0.981 bits per heavy atom. The molecule has 12 heteroatoms. The number of anilines is 3. The second-order valence-electron chi connectivity index (χ2n) is 17.1. The zero-order valence-electron chi connectivity index (χ0n) is 30.5. The van der Waals surface area contributed by atoms with Gasteiger partial charge >= 0.3 is 0 Å². The minimum absolute atomic E-state index is 0.0746. The number of piperidine rings is 2. The van der Waals surface area contributed by atoms with Gasteiger partial charge in [-0.1, -0.05) is 18.6 Å². The number of nitrogens with one attached hydrogen (secondary N) is 1. The predicted molar refractivity (Wildman–Crippen MR) is 198 cm³/mol. The summed E-state index contributed by atoms with van der Waals surface area (Å²) in [6.07, 6.45) is 12.3. The van der Waals surface area contributed by atoms with E-state index in [1.165, 1.54) is 25.5 Å². The van der Waals surface area contributed by atoms with E-state index in [1.54, 1.807) is 18.6 Å². The van der Waals surface area contributed by atoms with Crippen molar-refractivity contribution in [2.24, 2.45) is 5.41 Å². The van der Waals surface area contributed by atoms with E-state index in [4.69, 9.17) is 9.97 Å². The molecule has 2 saturated heterocycles. The van der Waals surface area contributed by atoms with Crippen molar-refractivity contribution >= 4 is 40.0 Å². The van der Waals surface area contributed by atoms with Gasteiger partial charge in [0.15, 0.2) is 11.6 Å². The van der Waals surface area contributed by atoms with Gasteiger partial charge in [-0.2, -0.15) is 0 Å². The van der Waals surface area contributed by atoms with E-state index >= 15 is 0 Å². The van der Waals surface area contributed by atoms with E-state index in [0.29, 0.717) is 62.7 Å². The van der Waals surface area contributed by atoms with E-state index in [1.807, 2.05) is 21.6 Å². The average Bonchev–Trinajstić information content (AvgIpc) is 3.65. The van der Waals surface area contributed by atoms with E-state index in [-0.39, 0.29) is 29.6 Å². The molecule has 53 heavy (non-hydrogen) atoms. The first-order valence-electron chi connectivity index (χ1n) is 19.5. The molecule has 4 saturated carbocycles. The molecule has 276 valence electrons. The summed E-state index contributed by atoms with van der Waals surface area (Å²) < 4.78 is 31.2. The van der Waals surface area contributed by atoms with Crippen molar-refractivity contribution in [1.29, 1.82) is 0 Å². The fourth-order valence-corrected chi connectivity index (χ4v) is 10.6. The number of hydrogen-bond donors (Lipinski definition) is 1. The molecule has 6 heterocycles. The molecular formula is C41H46F2N8O2. The molecule has 3 aliphatic heterocycles. The summed E-state index contributed by atoms with van der Waals surface area (Å²) in [7, 11) is 0. The Bertz CT molecular complexity index is 2130. The number of carbonyl (C=O) groups is 2. The zero-order valence-corrected chi connectivity index (χ0v) is 30.5. The van der Waals surface area contributed by atoms with Crippen LogP contribution in [0, 0.1) is 11.2 Å². The average molecular weight is 721 g/mol. The van der Waals surface area contributed by atoms with Crippen LogP contribution in [0.4, 0.5) is 26.0 Å². The standard InChI is InChI=1S/C41H46F2N8O2/c1-25(2)50-24-45-33-19-32(47-36(35(33)50)46-31-8-11-44-20-30(31)42)26-6-7-29-34(16-26)51(28-17-27(18-28)48-12-4-3-5-13-48)38(53)41(29)9-14-49(15-10-41)37(52)39-21-40(43,22-39)23-39/h6-8,11,16,19-20,24-25,27-28H,3-5,9-10,12-15,17-18,21-23H2,1-2H3,(H,44,46,47). The van der Waals surface area contributed by atoms with Crippen molar-refractivity contribution in [1.82, 2.24) is 29.3 Å². The molecule has 0 unspecified atom stereocenters. The Labute approximate surface area is 308 Å². The number of pyridine rings is 2. The molecule has 2 bridgehead atoms. The lowest BCUT2D eigenvalue weighted by Crippen LogP contribution is -2.71. The molecule has 2 amide bonds. The van der Waals surface area contributed by atoms with Gasteiger partial charge in [0.1, 0.15) is 11.2 Å². The number of nitrogens with zero attached hydrogens (tertiary/aromatic N) is 7. The Kier molecular flexibility index (Phi) is 7.36. The fraction of sp³-hybridized carbons (Fsp3) is 0.537. The van der Waals surface area contributed by atoms with Crippen LogP contribution in [0.5, 0.6) is 0 Å². The molecule has 3 aromatic heterocycles. The number of imidazole rings is 1. The van der Waals surface area contributed by atoms with Crippen molar-refractivity contribution in [3.05, 3.63) is 60.4 Å². The lowest BCUT2D eigenvalue weighted by Gasteiger charge is -2.65. The molecule has 1 N–H and O–H groups in total. The maximum atomic E-state index is 14.9. The van der Waals surface area contributed by atoms with Crippen LogP contribution in [0.25, 0.3) is 22.3 Å². The maximum absolute atomic E-state index is 14.9. The van der Waals surface area contributed by atoms with E-state index in [0.717, 1.165) is 53.8 Å². The smallest absolute Gasteiger partial charge is 0.238 e. The van der Waals surface area contributed by atoms with Gasteiger partial charge in [0.05, 0.1) is 40.3 Å². The van der Waals surface area contributed by atoms with Crippen molar-refractivity contribution in [2.75, 3.05) is 36.4 Å². The minimum atomic E-state index is -1.13. The van der Waals surface area contributed by atoms with Crippen molar-refractivity contribution in [3.8, 4) is 11.3 Å². The molecule has 1 spiro atoms. The molecular weight excluding hydrogens is 675 g/mol. The van der Waals surface area contributed by atoms with Crippen LogP contribution in [0.1, 0.15) is 89.7 Å². The van der Waals surface area contributed by atoms with Crippen LogP contribution in [0.3, 0.4) is 0 Å². The first kappa shape index (κ1) is 33.1. The summed E-state index contributed by atoms with van der Waals surface area (Å²) in [6, 6.07) is 10.5. The highest BCUT2D eigenvalue weighted by atomic mass is 19.1. The number of halogens is 2. The molecule has 4 aromatic rings. The molecule has 11 rings (SSSR count). The molecule has 1 aromatic carbocycles. The predicted octanol–water partition coefficient (Wildman–Crippen LogP) is 7.07. The second kappa shape index (κ2) is 11.8. The highest BCUT2D eigenvalue weighted by Gasteiger charge is 2.73. The number of hydrogen-bond acceptors (Lipinski definition) is 7. The highest BCUT2D eigenvalue weighted by molar-refractivity contribution is 6.09. The fourth-order valence-electron chi connectivity index (χ4n) is 10.6. The van der Waals surface area contributed by atoms with Crippen LogP contribution in [0.2, 0.25) is 0 Å². The van der Waals surface area contributed by atoms with Gasteiger partial charge in [-0.25, -0.2) is 18.7 Å². The zero-order chi connectivity index (χ0) is 36.3. The third-order valence-electron chi connectivity index (χ3n) is 13.5. The summed E-state index contributed by atoms with van der Waals surface area (Å²) >= 11 is 0. The van der Waals surface area contributed by atoms with Crippen molar-refractivity contribution in [3.63, 3.8) is 0 Å². The Morgan fingerprint density at radius 3 is 2.43 bits per heavy atom. The Morgan fingerprint density at radius 2 is 1.74 bits per heavy atom. The van der Waals surface area contributed by atoms with Gasteiger partial charge < -0.3 is 24.6 Å². The summed E-state index contributed by atoms with van der Waals surface area (Å²) in [6.45, 7) is 7.40. The summed E-state index contributed by atoms with van der Waals surface area (Å²) in [5.41, 5.74) is 2.90. The normalized spacial score (nSPS) is 28.9. The number of fused-ring (bicyclic) bond motifs is 3. The van der Waals surface area contributed by atoms with Gasteiger partial charge in [0.25, 0.3) is 0 Å². The van der Waals surface area contributed by atoms with Crippen LogP contribution in [-0.4, -0.2) is 85.1 Å². The Balaban J connectivity index is 1.01. The monoisotopic (exact) mass is 720 g/mol. The number of benzene rings is 1. The van der Waals surface area contributed by atoms with E-state index in [9.17, 15) is 18.4 Å². The quantitative estimate of drug-likeness (QED) is 0.218. The van der Waals surface area contributed by atoms with E-state index in [2.05, 4.69) is 46.1 Å². The topological polar surface area (TPSA) is 99.5 Å². The number of rotatable bonds is 7. The molecule has 6 fully saturated rings. The third kappa shape index (κ3) is 4.99. The summed E-state index contributed by atoms with van der Waals surface area (Å²) in [4.78, 5) is 48.8. The molecule has 10 nitrogen and oxygen atoms in total.